The molecule has 1 aromatic rings. The fourth-order valence-corrected chi connectivity index (χ4v) is 1.80. The zero-order valence-electron chi connectivity index (χ0n) is 9.83. The first-order chi connectivity index (χ1) is 8.66. The number of halogens is 2. The van der Waals surface area contributed by atoms with Crippen molar-refractivity contribution in [3.63, 3.8) is 0 Å². The van der Waals surface area contributed by atoms with Crippen molar-refractivity contribution in [2.75, 3.05) is 13.2 Å². The zero-order chi connectivity index (χ0) is 13.0. The smallest absolute Gasteiger partial charge is 0.166 e. The van der Waals surface area contributed by atoms with Crippen molar-refractivity contribution in [2.24, 2.45) is 0 Å². The van der Waals surface area contributed by atoms with E-state index in [1.165, 1.54) is 0 Å². The summed E-state index contributed by atoms with van der Waals surface area (Å²) in [5.74, 6) is -1.76. The van der Waals surface area contributed by atoms with Crippen LogP contribution in [0, 0.1) is 11.6 Å². The van der Waals surface area contributed by atoms with E-state index in [-0.39, 0.29) is 12.0 Å². The minimum atomic E-state index is -0.702. The van der Waals surface area contributed by atoms with Gasteiger partial charge in [-0.15, -0.1) is 0 Å². The van der Waals surface area contributed by atoms with Gasteiger partial charge >= 0.3 is 0 Å². The average Bonchev–Trinajstić information content (AvgIpc) is 2.40. The average molecular weight is 256 g/mol. The van der Waals surface area contributed by atoms with Crippen LogP contribution in [-0.4, -0.2) is 25.3 Å². The largest absolute Gasteiger partial charge is 0.353 e. The third kappa shape index (κ3) is 3.34. The number of Topliss-reactive ketones (excluding diaryl/α,β-unsaturated/α-hetero) is 1. The van der Waals surface area contributed by atoms with Gasteiger partial charge in [0, 0.05) is 12.8 Å². The molecule has 18 heavy (non-hydrogen) atoms. The number of carbonyl (C=O) groups excluding carboxylic acids is 1. The molecule has 0 aromatic heterocycles. The summed E-state index contributed by atoms with van der Waals surface area (Å²) in [5.41, 5.74) is -0.217. The summed E-state index contributed by atoms with van der Waals surface area (Å²) < 4.78 is 36.8. The number of hydrogen-bond acceptors (Lipinski definition) is 3. The van der Waals surface area contributed by atoms with E-state index in [0.717, 1.165) is 24.6 Å². The number of ether oxygens (including phenoxy) is 2. The molecule has 0 unspecified atom stereocenters. The van der Waals surface area contributed by atoms with Gasteiger partial charge in [0.15, 0.2) is 12.1 Å². The van der Waals surface area contributed by atoms with E-state index < -0.39 is 23.7 Å². The van der Waals surface area contributed by atoms with E-state index in [2.05, 4.69) is 0 Å². The summed E-state index contributed by atoms with van der Waals surface area (Å²) in [5, 5.41) is 0. The number of benzene rings is 1. The van der Waals surface area contributed by atoms with Crippen molar-refractivity contribution in [1.82, 2.24) is 0 Å². The summed E-state index contributed by atoms with van der Waals surface area (Å²) in [4.78, 5) is 11.7. The highest BCUT2D eigenvalue weighted by molar-refractivity contribution is 5.96. The van der Waals surface area contributed by atoms with Crippen molar-refractivity contribution < 1.29 is 23.0 Å². The summed E-state index contributed by atoms with van der Waals surface area (Å²) in [7, 11) is 0. The SMILES string of the molecule is O=C(CCC1OCCCO1)c1cc(F)ccc1F. The van der Waals surface area contributed by atoms with Crippen LogP contribution in [0.3, 0.4) is 0 Å². The van der Waals surface area contributed by atoms with Gasteiger partial charge in [0.05, 0.1) is 18.8 Å². The summed E-state index contributed by atoms with van der Waals surface area (Å²) in [6.45, 7) is 1.21. The fourth-order valence-electron chi connectivity index (χ4n) is 1.80. The van der Waals surface area contributed by atoms with Crippen molar-refractivity contribution in [3.8, 4) is 0 Å². The molecule has 0 radical (unpaired) electrons. The standard InChI is InChI=1S/C13H14F2O3/c14-9-2-3-11(15)10(8-9)12(16)4-5-13-17-6-1-7-18-13/h2-3,8,13H,1,4-7H2. The van der Waals surface area contributed by atoms with Crippen molar-refractivity contribution in [2.45, 2.75) is 25.6 Å². The van der Waals surface area contributed by atoms with Crippen molar-refractivity contribution >= 4 is 5.78 Å². The van der Waals surface area contributed by atoms with Crippen LogP contribution >= 0.6 is 0 Å². The first-order valence-corrected chi connectivity index (χ1v) is 5.88. The van der Waals surface area contributed by atoms with Crippen LogP contribution in [0.2, 0.25) is 0 Å². The van der Waals surface area contributed by atoms with Crippen LogP contribution in [0.1, 0.15) is 29.6 Å². The molecule has 0 amide bonds. The molecule has 0 bridgehead atoms. The number of carbonyl (C=O) groups is 1. The zero-order valence-corrected chi connectivity index (χ0v) is 9.83. The Kier molecular flexibility index (Phi) is 4.38. The molecule has 3 nitrogen and oxygen atoms in total. The predicted octanol–water partition coefficient (Wildman–Crippen LogP) is 2.69. The maximum atomic E-state index is 13.3. The van der Waals surface area contributed by atoms with E-state index in [0.29, 0.717) is 19.6 Å². The Labute approximate surface area is 104 Å². The fraction of sp³-hybridized carbons (Fsp3) is 0.462. The molecule has 0 atom stereocenters. The van der Waals surface area contributed by atoms with Gasteiger partial charge in [-0.25, -0.2) is 8.78 Å². The highest BCUT2D eigenvalue weighted by atomic mass is 19.1. The maximum absolute atomic E-state index is 13.3. The lowest BCUT2D eigenvalue weighted by atomic mass is 10.1. The number of ketones is 1. The van der Waals surface area contributed by atoms with Crippen LogP contribution in [0.5, 0.6) is 0 Å². The molecular weight excluding hydrogens is 242 g/mol. The predicted molar refractivity (Wildman–Crippen MR) is 60.2 cm³/mol. The second kappa shape index (κ2) is 6.02. The second-order valence-electron chi connectivity index (χ2n) is 4.11. The third-order valence-corrected chi connectivity index (χ3v) is 2.73. The third-order valence-electron chi connectivity index (χ3n) is 2.73. The molecule has 2 rings (SSSR count). The monoisotopic (exact) mass is 256 g/mol. The molecule has 1 aromatic carbocycles. The molecule has 1 aliphatic rings. The summed E-state index contributed by atoms with van der Waals surface area (Å²) in [6, 6.07) is 2.86. The van der Waals surface area contributed by atoms with E-state index in [9.17, 15) is 13.6 Å². The summed E-state index contributed by atoms with van der Waals surface area (Å²) in [6.07, 6.45) is 0.849. The van der Waals surface area contributed by atoms with Crippen LogP contribution in [0.4, 0.5) is 8.78 Å². The van der Waals surface area contributed by atoms with Gasteiger partial charge < -0.3 is 9.47 Å². The van der Waals surface area contributed by atoms with Gasteiger partial charge in [0.1, 0.15) is 11.6 Å². The number of hydrogen-bond donors (Lipinski definition) is 0. The minimum absolute atomic E-state index is 0.0744. The van der Waals surface area contributed by atoms with Gasteiger partial charge in [-0.2, -0.15) is 0 Å². The Morgan fingerprint density at radius 3 is 2.72 bits per heavy atom. The van der Waals surface area contributed by atoms with Crippen LogP contribution < -0.4 is 0 Å². The first kappa shape index (κ1) is 13.1. The Morgan fingerprint density at radius 1 is 1.28 bits per heavy atom. The topological polar surface area (TPSA) is 35.5 Å². The molecule has 0 aliphatic carbocycles. The minimum Gasteiger partial charge on any atom is -0.353 e. The molecule has 1 fully saturated rings. The molecule has 98 valence electrons. The van der Waals surface area contributed by atoms with Gasteiger partial charge in [0.2, 0.25) is 0 Å². The van der Waals surface area contributed by atoms with Crippen LogP contribution in [-0.2, 0) is 9.47 Å². The molecule has 0 saturated carbocycles. The lowest BCUT2D eigenvalue weighted by molar-refractivity contribution is -0.180. The number of rotatable bonds is 4. The lowest BCUT2D eigenvalue weighted by Crippen LogP contribution is -2.25. The van der Waals surface area contributed by atoms with E-state index >= 15 is 0 Å². The van der Waals surface area contributed by atoms with Gasteiger partial charge in [-0.05, 0) is 24.6 Å². The van der Waals surface area contributed by atoms with E-state index in [1.807, 2.05) is 0 Å². The van der Waals surface area contributed by atoms with Gasteiger partial charge in [-0.3, -0.25) is 4.79 Å². The Hall–Kier alpha value is -1.33. The van der Waals surface area contributed by atoms with Crippen LogP contribution in [0.15, 0.2) is 18.2 Å². The Balaban J connectivity index is 1.92. The van der Waals surface area contributed by atoms with E-state index in [4.69, 9.17) is 9.47 Å². The quantitative estimate of drug-likeness (QED) is 0.777. The summed E-state index contributed by atoms with van der Waals surface area (Å²) >= 11 is 0. The normalized spacial score (nSPS) is 16.8. The maximum Gasteiger partial charge on any atom is 0.166 e. The molecule has 0 N–H and O–H groups in total. The first-order valence-electron chi connectivity index (χ1n) is 5.88. The molecule has 1 aliphatic heterocycles. The van der Waals surface area contributed by atoms with Gasteiger partial charge in [-0.1, -0.05) is 0 Å². The molecule has 1 saturated heterocycles. The molecule has 5 heteroatoms. The highest BCUT2D eigenvalue weighted by Gasteiger charge is 2.18. The van der Waals surface area contributed by atoms with Crippen LogP contribution in [0.25, 0.3) is 0 Å². The van der Waals surface area contributed by atoms with Gasteiger partial charge in [0.25, 0.3) is 0 Å². The van der Waals surface area contributed by atoms with Crippen molar-refractivity contribution in [1.29, 1.82) is 0 Å². The molecule has 0 spiro atoms. The van der Waals surface area contributed by atoms with Crippen molar-refractivity contribution in [3.05, 3.63) is 35.4 Å². The Bertz CT molecular complexity index is 428. The lowest BCUT2D eigenvalue weighted by Gasteiger charge is -2.22. The molecular formula is C13H14F2O3. The highest BCUT2D eigenvalue weighted by Crippen LogP contribution is 2.16. The molecule has 1 heterocycles. The second-order valence-corrected chi connectivity index (χ2v) is 4.11. The van der Waals surface area contributed by atoms with E-state index in [1.54, 1.807) is 0 Å². The Morgan fingerprint density at radius 2 is 2.00 bits per heavy atom.